The van der Waals surface area contributed by atoms with Crippen LogP contribution in [0.3, 0.4) is 0 Å². The molecule has 0 bridgehead atoms. The van der Waals surface area contributed by atoms with E-state index >= 15 is 0 Å². The number of benzene rings is 1. The number of aromatic hydroxyl groups is 1. The zero-order chi connectivity index (χ0) is 11.4. The molecule has 1 aromatic carbocycles. The maximum Gasteiger partial charge on any atom is 0.253 e. The number of rotatable bonds is 3. The summed E-state index contributed by atoms with van der Waals surface area (Å²) in [5, 5.41) is 9.22. The van der Waals surface area contributed by atoms with Gasteiger partial charge >= 0.3 is 0 Å². The average Bonchev–Trinajstić information content (AvgIpc) is 2.17. The third-order valence-corrected chi connectivity index (χ3v) is 2.25. The Morgan fingerprint density at radius 2 is 2.20 bits per heavy atom. The molecular weight excluding hydrogens is 192 g/mol. The minimum absolute atomic E-state index is 0.0713. The maximum atomic E-state index is 11.9. The second-order valence-electron chi connectivity index (χ2n) is 3.51. The van der Waals surface area contributed by atoms with E-state index in [-0.39, 0.29) is 11.7 Å². The average molecular weight is 208 g/mol. The highest BCUT2D eigenvalue weighted by Crippen LogP contribution is 2.16. The Kier molecular flexibility index (Phi) is 3.68. The number of carbonyl (C=O) groups excluding carboxylic acids is 1. The number of phenols is 1. The molecule has 0 fully saturated rings. The summed E-state index contributed by atoms with van der Waals surface area (Å²) >= 11 is 0. The first-order chi connectivity index (χ1) is 7.06. The molecule has 1 amide bonds. The molecule has 82 valence electrons. The molecule has 0 aliphatic carbocycles. The van der Waals surface area contributed by atoms with Gasteiger partial charge in [-0.25, -0.2) is 0 Å². The lowest BCUT2D eigenvalue weighted by Crippen LogP contribution is -2.32. The number of nitrogens with zero attached hydrogens (tertiary/aromatic N) is 1. The standard InChI is InChI=1S/C11H16N2O2/c1-8-7-9(14)3-4-10(8)11(15)13(2)6-5-12/h3-4,7,14H,5-6,12H2,1-2H3. The fraction of sp³-hybridized carbons (Fsp3) is 0.364. The van der Waals surface area contributed by atoms with Crippen molar-refractivity contribution in [1.29, 1.82) is 0 Å². The number of hydrogen-bond acceptors (Lipinski definition) is 3. The van der Waals surface area contributed by atoms with E-state index in [2.05, 4.69) is 0 Å². The lowest BCUT2D eigenvalue weighted by atomic mass is 10.1. The number of likely N-dealkylation sites (N-methyl/N-ethyl adjacent to an activating group) is 1. The van der Waals surface area contributed by atoms with Crippen LogP contribution in [0.25, 0.3) is 0 Å². The fourth-order valence-electron chi connectivity index (χ4n) is 1.39. The molecule has 3 N–H and O–H groups in total. The molecule has 15 heavy (non-hydrogen) atoms. The van der Waals surface area contributed by atoms with Gasteiger partial charge < -0.3 is 15.7 Å². The van der Waals surface area contributed by atoms with Gasteiger partial charge in [0.15, 0.2) is 0 Å². The lowest BCUT2D eigenvalue weighted by Gasteiger charge is -2.17. The minimum Gasteiger partial charge on any atom is -0.508 e. The topological polar surface area (TPSA) is 66.6 Å². The van der Waals surface area contributed by atoms with E-state index in [9.17, 15) is 9.90 Å². The van der Waals surface area contributed by atoms with Gasteiger partial charge in [0, 0.05) is 25.7 Å². The van der Waals surface area contributed by atoms with Crippen LogP contribution in [-0.4, -0.2) is 36.1 Å². The van der Waals surface area contributed by atoms with E-state index in [0.29, 0.717) is 18.7 Å². The third kappa shape index (κ3) is 2.70. The van der Waals surface area contributed by atoms with Gasteiger partial charge in [-0.05, 0) is 30.7 Å². The second kappa shape index (κ2) is 4.79. The van der Waals surface area contributed by atoms with Gasteiger partial charge in [0.05, 0.1) is 0 Å². The zero-order valence-electron chi connectivity index (χ0n) is 9.03. The number of nitrogens with two attached hydrogens (primary N) is 1. The molecule has 0 saturated heterocycles. The van der Waals surface area contributed by atoms with Crippen LogP contribution in [0.5, 0.6) is 5.75 Å². The van der Waals surface area contributed by atoms with E-state index in [0.717, 1.165) is 5.56 Å². The van der Waals surface area contributed by atoms with Gasteiger partial charge in [-0.2, -0.15) is 0 Å². The maximum absolute atomic E-state index is 11.9. The van der Waals surface area contributed by atoms with Gasteiger partial charge in [0.25, 0.3) is 5.91 Å². The van der Waals surface area contributed by atoms with Crippen molar-refractivity contribution in [1.82, 2.24) is 4.90 Å². The fourth-order valence-corrected chi connectivity index (χ4v) is 1.39. The van der Waals surface area contributed by atoms with Gasteiger partial charge in [-0.1, -0.05) is 0 Å². The second-order valence-corrected chi connectivity index (χ2v) is 3.51. The quantitative estimate of drug-likeness (QED) is 0.769. The third-order valence-electron chi connectivity index (χ3n) is 2.25. The largest absolute Gasteiger partial charge is 0.508 e. The van der Waals surface area contributed by atoms with Crippen LogP contribution < -0.4 is 5.73 Å². The van der Waals surface area contributed by atoms with Crippen molar-refractivity contribution < 1.29 is 9.90 Å². The molecule has 0 saturated carbocycles. The molecule has 1 rings (SSSR count). The van der Waals surface area contributed by atoms with Crippen molar-refractivity contribution in [2.45, 2.75) is 6.92 Å². The van der Waals surface area contributed by atoms with Crippen molar-refractivity contribution >= 4 is 5.91 Å². The number of phenolic OH excluding ortho intramolecular Hbond substituents is 1. The molecule has 0 heterocycles. The summed E-state index contributed by atoms with van der Waals surface area (Å²) in [5.41, 5.74) is 6.74. The molecule has 0 spiro atoms. The highest BCUT2D eigenvalue weighted by molar-refractivity contribution is 5.95. The number of aryl methyl sites for hydroxylation is 1. The summed E-state index contributed by atoms with van der Waals surface area (Å²) in [6, 6.07) is 4.71. The Morgan fingerprint density at radius 3 is 2.73 bits per heavy atom. The summed E-state index contributed by atoms with van der Waals surface area (Å²) < 4.78 is 0. The monoisotopic (exact) mass is 208 g/mol. The molecule has 1 aromatic rings. The Hall–Kier alpha value is -1.55. The summed E-state index contributed by atoms with van der Waals surface area (Å²) in [6.07, 6.45) is 0. The molecule has 4 heteroatoms. The molecule has 0 unspecified atom stereocenters. The first-order valence-electron chi connectivity index (χ1n) is 4.81. The summed E-state index contributed by atoms with van der Waals surface area (Å²) in [6.45, 7) is 2.77. The first kappa shape index (κ1) is 11.5. The van der Waals surface area contributed by atoms with E-state index in [1.54, 1.807) is 31.0 Å². The minimum atomic E-state index is -0.0713. The molecule has 4 nitrogen and oxygen atoms in total. The van der Waals surface area contributed by atoms with Crippen LogP contribution in [-0.2, 0) is 0 Å². The summed E-state index contributed by atoms with van der Waals surface area (Å²) in [5.74, 6) is 0.100. The Labute approximate surface area is 89.3 Å². The van der Waals surface area contributed by atoms with Gasteiger partial charge in [0.2, 0.25) is 0 Å². The van der Waals surface area contributed by atoms with Crippen molar-refractivity contribution in [3.05, 3.63) is 29.3 Å². The predicted octanol–water partition coefficient (Wildman–Crippen LogP) is 0.731. The highest BCUT2D eigenvalue weighted by Gasteiger charge is 2.13. The Bertz CT molecular complexity index is 364. The van der Waals surface area contributed by atoms with E-state index < -0.39 is 0 Å². The molecule has 0 radical (unpaired) electrons. The van der Waals surface area contributed by atoms with Gasteiger partial charge in [-0.3, -0.25) is 4.79 Å². The van der Waals surface area contributed by atoms with Crippen molar-refractivity contribution in [3.63, 3.8) is 0 Å². The molecule has 0 aliphatic rings. The molecule has 0 aliphatic heterocycles. The smallest absolute Gasteiger partial charge is 0.253 e. The highest BCUT2D eigenvalue weighted by atomic mass is 16.3. The van der Waals surface area contributed by atoms with Crippen LogP contribution in [0.2, 0.25) is 0 Å². The van der Waals surface area contributed by atoms with E-state index in [1.165, 1.54) is 6.07 Å². The Balaban J connectivity index is 2.91. The normalized spacial score (nSPS) is 10.1. The SMILES string of the molecule is Cc1cc(O)ccc1C(=O)N(C)CCN. The molecule has 0 atom stereocenters. The summed E-state index contributed by atoms with van der Waals surface area (Å²) in [7, 11) is 1.71. The zero-order valence-corrected chi connectivity index (χ0v) is 9.03. The molecule has 0 aromatic heterocycles. The molecular formula is C11H16N2O2. The van der Waals surface area contributed by atoms with Crippen LogP contribution in [0.1, 0.15) is 15.9 Å². The van der Waals surface area contributed by atoms with Crippen molar-refractivity contribution in [2.24, 2.45) is 5.73 Å². The van der Waals surface area contributed by atoms with Crippen LogP contribution in [0.15, 0.2) is 18.2 Å². The first-order valence-corrected chi connectivity index (χ1v) is 4.81. The number of hydrogen-bond donors (Lipinski definition) is 2. The predicted molar refractivity (Wildman–Crippen MR) is 58.9 cm³/mol. The van der Waals surface area contributed by atoms with Gasteiger partial charge in [-0.15, -0.1) is 0 Å². The van der Waals surface area contributed by atoms with Crippen molar-refractivity contribution in [2.75, 3.05) is 20.1 Å². The van der Waals surface area contributed by atoms with E-state index in [4.69, 9.17) is 5.73 Å². The van der Waals surface area contributed by atoms with Crippen LogP contribution >= 0.6 is 0 Å². The number of amides is 1. The van der Waals surface area contributed by atoms with Crippen LogP contribution in [0.4, 0.5) is 0 Å². The lowest BCUT2D eigenvalue weighted by molar-refractivity contribution is 0.0798. The van der Waals surface area contributed by atoms with Crippen LogP contribution in [0, 0.1) is 6.92 Å². The van der Waals surface area contributed by atoms with Gasteiger partial charge in [0.1, 0.15) is 5.75 Å². The van der Waals surface area contributed by atoms with Crippen molar-refractivity contribution in [3.8, 4) is 5.75 Å². The Morgan fingerprint density at radius 1 is 1.53 bits per heavy atom. The summed E-state index contributed by atoms with van der Waals surface area (Å²) in [4.78, 5) is 13.4. The number of carbonyl (C=O) groups is 1. The van der Waals surface area contributed by atoms with E-state index in [1.807, 2.05) is 0 Å².